The molecule has 2 atom stereocenters. The summed E-state index contributed by atoms with van der Waals surface area (Å²) < 4.78 is 40.5. The molecule has 1 aromatic rings. The molecule has 2 unspecified atom stereocenters. The first kappa shape index (κ1) is 23.8. The normalized spacial score (nSPS) is 20.9. The summed E-state index contributed by atoms with van der Waals surface area (Å²) in [6, 6.07) is 1.78. The highest BCUT2D eigenvalue weighted by Gasteiger charge is 2.36. The lowest BCUT2D eigenvalue weighted by atomic mass is 9.97. The fraction of sp³-hybridized carbons (Fsp3) is 0.417. The number of nitrogens with one attached hydrogen (secondary N) is 3. The van der Waals surface area contributed by atoms with Gasteiger partial charge in [-0.1, -0.05) is 38.8 Å². The van der Waals surface area contributed by atoms with Crippen LogP contribution in [0.5, 0.6) is 0 Å². The highest BCUT2D eigenvalue weighted by Crippen LogP contribution is 2.36. The van der Waals surface area contributed by atoms with Crippen molar-refractivity contribution in [2.75, 3.05) is 19.6 Å². The zero-order chi connectivity index (χ0) is 23.5. The van der Waals surface area contributed by atoms with Gasteiger partial charge in [0, 0.05) is 41.9 Å². The van der Waals surface area contributed by atoms with Crippen molar-refractivity contribution in [3.8, 4) is 0 Å². The molecule has 5 nitrogen and oxygen atoms in total. The molecule has 1 aromatic heterocycles. The Morgan fingerprint density at radius 2 is 2.03 bits per heavy atom. The third-order valence-corrected chi connectivity index (χ3v) is 5.74. The molecule has 3 rings (SSSR count). The fourth-order valence-electron chi connectivity index (χ4n) is 3.61. The van der Waals surface area contributed by atoms with Crippen molar-refractivity contribution in [2.45, 2.75) is 32.0 Å². The number of allylic oxidation sites excluding steroid dienone is 1. The number of nitrogens with zero attached hydrogens (tertiary/aromatic N) is 1. The molecule has 1 aliphatic heterocycles. The van der Waals surface area contributed by atoms with E-state index >= 15 is 0 Å². The van der Waals surface area contributed by atoms with Crippen LogP contribution in [-0.4, -0.2) is 42.7 Å². The van der Waals surface area contributed by atoms with E-state index in [2.05, 4.69) is 47.6 Å². The molecule has 172 valence electrons. The quantitative estimate of drug-likeness (QED) is 0.536. The molecule has 1 saturated carbocycles. The zero-order valence-electron chi connectivity index (χ0n) is 18.2. The van der Waals surface area contributed by atoms with E-state index < -0.39 is 11.7 Å². The summed E-state index contributed by atoms with van der Waals surface area (Å²) in [5.74, 6) is 0.428. The predicted molar refractivity (Wildman–Crippen MR) is 122 cm³/mol. The molecule has 0 spiro atoms. The van der Waals surface area contributed by atoms with E-state index in [1.165, 1.54) is 6.08 Å². The number of rotatable bonds is 9. The molecule has 8 heteroatoms. The molecular weight excluding hydrogens is 417 g/mol. The van der Waals surface area contributed by atoms with Gasteiger partial charge in [0.1, 0.15) is 0 Å². The monoisotopic (exact) mass is 446 g/mol. The average molecular weight is 447 g/mol. The maximum atomic E-state index is 13.5. The van der Waals surface area contributed by atoms with Crippen LogP contribution in [0.1, 0.15) is 42.3 Å². The number of alkyl halides is 3. The second-order valence-electron chi connectivity index (χ2n) is 8.32. The second kappa shape index (κ2) is 9.73. The smallest absolute Gasteiger partial charge is 0.381 e. The molecule has 0 radical (unpaired) electrons. The van der Waals surface area contributed by atoms with Crippen LogP contribution in [0, 0.1) is 11.8 Å². The second-order valence-corrected chi connectivity index (χ2v) is 8.32. The molecule has 1 amide bonds. The predicted octanol–water partition coefficient (Wildman–Crippen LogP) is 4.01. The number of aromatic nitrogens is 1. The molecule has 3 N–H and O–H groups in total. The first-order valence-corrected chi connectivity index (χ1v) is 10.7. The number of carbonyl (C=O) groups is 1. The van der Waals surface area contributed by atoms with E-state index in [9.17, 15) is 18.0 Å². The van der Waals surface area contributed by atoms with E-state index in [0.29, 0.717) is 22.9 Å². The Morgan fingerprint density at radius 1 is 1.31 bits per heavy atom. The van der Waals surface area contributed by atoms with Crippen LogP contribution >= 0.6 is 0 Å². The standard InChI is InChI=1S/C24H29F3N4O/c1-5-19-20(16(4)30-21-13-28-12-14(21)2)11-18(31-22(19)15(3)24(25,26)27)7-6-10-29-23(32)17-8-9-17/h5-7,11,14,17,21,28,30H,1,3-4,8-10,12-13H2,2H3,(H,29,32)/b7-6+. The Labute approximate surface area is 186 Å². The van der Waals surface area contributed by atoms with Crippen LogP contribution in [-0.2, 0) is 4.79 Å². The molecule has 0 aromatic carbocycles. The van der Waals surface area contributed by atoms with Crippen molar-refractivity contribution in [3.05, 3.63) is 54.4 Å². The number of hydrogen-bond acceptors (Lipinski definition) is 4. The largest absolute Gasteiger partial charge is 0.417 e. The number of amides is 1. The Bertz CT molecular complexity index is 947. The summed E-state index contributed by atoms with van der Waals surface area (Å²) in [6.07, 6.45) is 1.76. The topological polar surface area (TPSA) is 66.0 Å². The van der Waals surface area contributed by atoms with Crippen LogP contribution < -0.4 is 16.0 Å². The minimum atomic E-state index is -4.64. The van der Waals surface area contributed by atoms with E-state index in [1.54, 1.807) is 18.2 Å². The van der Waals surface area contributed by atoms with E-state index in [1.807, 2.05) is 0 Å². The minimum Gasteiger partial charge on any atom is -0.381 e. The zero-order valence-corrected chi connectivity index (χ0v) is 18.2. The van der Waals surface area contributed by atoms with Crippen molar-refractivity contribution >= 4 is 29.3 Å². The first-order valence-electron chi connectivity index (χ1n) is 10.7. The van der Waals surface area contributed by atoms with Gasteiger partial charge in [-0.2, -0.15) is 13.2 Å². The number of pyridine rings is 1. The van der Waals surface area contributed by atoms with Crippen molar-refractivity contribution < 1.29 is 18.0 Å². The first-order chi connectivity index (χ1) is 15.1. The van der Waals surface area contributed by atoms with E-state index in [0.717, 1.165) is 25.9 Å². The summed E-state index contributed by atoms with van der Waals surface area (Å²) in [5.41, 5.74) is 0.184. The van der Waals surface area contributed by atoms with Crippen molar-refractivity contribution in [1.82, 2.24) is 20.9 Å². The summed E-state index contributed by atoms with van der Waals surface area (Å²) >= 11 is 0. The molecule has 2 fully saturated rings. The van der Waals surface area contributed by atoms with Gasteiger partial charge in [0.25, 0.3) is 0 Å². The fourth-order valence-corrected chi connectivity index (χ4v) is 3.61. The van der Waals surface area contributed by atoms with Gasteiger partial charge in [0.2, 0.25) is 5.91 Å². The highest BCUT2D eigenvalue weighted by atomic mass is 19.4. The maximum Gasteiger partial charge on any atom is 0.417 e. The number of halogens is 3. The van der Waals surface area contributed by atoms with Gasteiger partial charge in [-0.3, -0.25) is 4.79 Å². The van der Waals surface area contributed by atoms with Gasteiger partial charge >= 0.3 is 6.18 Å². The van der Waals surface area contributed by atoms with Gasteiger partial charge in [-0.15, -0.1) is 0 Å². The number of hydrogen-bond donors (Lipinski definition) is 3. The van der Waals surface area contributed by atoms with Crippen molar-refractivity contribution in [3.63, 3.8) is 0 Å². The molecule has 32 heavy (non-hydrogen) atoms. The van der Waals surface area contributed by atoms with Crippen LogP contribution in [0.3, 0.4) is 0 Å². The van der Waals surface area contributed by atoms with E-state index in [-0.39, 0.29) is 35.7 Å². The van der Waals surface area contributed by atoms with Gasteiger partial charge in [-0.05, 0) is 37.4 Å². The molecule has 2 heterocycles. The van der Waals surface area contributed by atoms with Crippen LogP contribution in [0.2, 0.25) is 0 Å². The lowest BCUT2D eigenvalue weighted by Crippen LogP contribution is -2.33. The highest BCUT2D eigenvalue weighted by molar-refractivity contribution is 5.82. The molecule has 0 bridgehead atoms. The summed E-state index contributed by atoms with van der Waals surface area (Å²) in [6.45, 7) is 15.0. The molecule has 2 aliphatic rings. The summed E-state index contributed by atoms with van der Waals surface area (Å²) in [4.78, 5) is 15.9. The Morgan fingerprint density at radius 3 is 2.59 bits per heavy atom. The van der Waals surface area contributed by atoms with Crippen LogP contribution in [0.25, 0.3) is 23.4 Å². The van der Waals surface area contributed by atoms with Crippen LogP contribution in [0.4, 0.5) is 13.2 Å². The lowest BCUT2D eigenvalue weighted by molar-refractivity contribution is -0.122. The third-order valence-electron chi connectivity index (χ3n) is 5.74. The Balaban J connectivity index is 1.90. The van der Waals surface area contributed by atoms with Gasteiger partial charge in [0.15, 0.2) is 0 Å². The van der Waals surface area contributed by atoms with Gasteiger partial charge in [0.05, 0.1) is 17.0 Å². The molecule has 1 saturated heterocycles. The lowest BCUT2D eigenvalue weighted by Gasteiger charge is -2.22. The van der Waals surface area contributed by atoms with Crippen molar-refractivity contribution in [1.29, 1.82) is 0 Å². The molecule has 1 aliphatic carbocycles. The van der Waals surface area contributed by atoms with Gasteiger partial charge < -0.3 is 16.0 Å². The summed E-state index contributed by atoms with van der Waals surface area (Å²) in [7, 11) is 0. The van der Waals surface area contributed by atoms with Crippen molar-refractivity contribution in [2.24, 2.45) is 11.8 Å². The Kier molecular flexibility index (Phi) is 7.23. The summed E-state index contributed by atoms with van der Waals surface area (Å²) in [5, 5.41) is 9.39. The van der Waals surface area contributed by atoms with Crippen LogP contribution in [0.15, 0.2) is 31.9 Å². The number of carbonyl (C=O) groups excluding carboxylic acids is 1. The minimum absolute atomic E-state index is 0.00619. The van der Waals surface area contributed by atoms with Gasteiger partial charge in [-0.25, -0.2) is 4.98 Å². The SMILES string of the molecule is C=Cc1c(C(=C)NC2CNCC2C)cc(/C=C/CNC(=O)C2CC2)nc1C(=C)C(F)(F)F. The average Bonchev–Trinajstić information content (AvgIpc) is 3.52. The maximum absolute atomic E-state index is 13.5. The third kappa shape index (κ3) is 5.68. The Hall–Kier alpha value is -2.87. The van der Waals surface area contributed by atoms with E-state index in [4.69, 9.17) is 0 Å². The molecular formula is C24H29F3N4O.